The fourth-order valence-electron chi connectivity index (χ4n) is 2.58. The predicted molar refractivity (Wildman–Crippen MR) is 113 cm³/mol. The monoisotopic (exact) mass is 419 g/mol. The van der Waals surface area contributed by atoms with Crippen LogP contribution in [0.3, 0.4) is 0 Å². The van der Waals surface area contributed by atoms with Crippen LogP contribution >= 0.6 is 15.9 Å². The van der Waals surface area contributed by atoms with Gasteiger partial charge in [-0.2, -0.15) is 0 Å². The number of hydrogen-bond donors (Lipinski definition) is 1. The van der Waals surface area contributed by atoms with E-state index >= 15 is 0 Å². The molecule has 0 spiro atoms. The topological polar surface area (TPSA) is 46.2 Å². The Morgan fingerprint density at radius 3 is 2.22 bits per heavy atom. The summed E-state index contributed by atoms with van der Waals surface area (Å²) in [5, 5.41) is 2.80. The largest absolute Gasteiger partial charge is 0.323 e. The summed E-state index contributed by atoms with van der Waals surface area (Å²) in [6.07, 6.45) is 3.59. The van der Waals surface area contributed by atoms with Crippen LogP contribution in [-0.2, 0) is 11.2 Å². The lowest BCUT2D eigenvalue weighted by atomic mass is 10.0. The molecule has 0 atom stereocenters. The summed E-state index contributed by atoms with van der Waals surface area (Å²) >= 11 is 3.44. The fourth-order valence-corrected chi connectivity index (χ4v) is 3.00. The van der Waals surface area contributed by atoms with Gasteiger partial charge >= 0.3 is 0 Å². The van der Waals surface area contributed by atoms with Crippen LogP contribution in [0.4, 0.5) is 5.69 Å². The molecular formula is C23H18BrNO2. The van der Waals surface area contributed by atoms with Crippen molar-refractivity contribution >= 4 is 39.4 Å². The molecule has 0 aliphatic carbocycles. The molecule has 0 radical (unpaired) electrons. The van der Waals surface area contributed by atoms with E-state index in [0.29, 0.717) is 17.7 Å². The summed E-state index contributed by atoms with van der Waals surface area (Å²) < 4.78 is 0.926. The maximum atomic E-state index is 12.3. The van der Waals surface area contributed by atoms with E-state index in [2.05, 4.69) is 21.2 Å². The van der Waals surface area contributed by atoms with Gasteiger partial charge in [0.15, 0.2) is 5.78 Å². The molecule has 0 aromatic heterocycles. The molecule has 0 fully saturated rings. The maximum absolute atomic E-state index is 12.3. The number of halogens is 1. The van der Waals surface area contributed by atoms with Crippen LogP contribution in [0, 0.1) is 0 Å². The highest BCUT2D eigenvalue weighted by atomic mass is 79.9. The Kier molecular flexibility index (Phi) is 6.34. The second-order valence-corrected chi connectivity index (χ2v) is 6.86. The van der Waals surface area contributed by atoms with Crippen LogP contribution in [0.2, 0.25) is 0 Å². The molecule has 0 aliphatic rings. The first-order valence-electron chi connectivity index (χ1n) is 8.52. The lowest BCUT2D eigenvalue weighted by Crippen LogP contribution is -2.08. The molecule has 4 heteroatoms. The van der Waals surface area contributed by atoms with E-state index in [-0.39, 0.29) is 11.7 Å². The van der Waals surface area contributed by atoms with E-state index in [1.54, 1.807) is 30.3 Å². The average molecular weight is 420 g/mol. The van der Waals surface area contributed by atoms with Crippen LogP contribution in [0.1, 0.15) is 21.5 Å². The van der Waals surface area contributed by atoms with E-state index < -0.39 is 0 Å². The number of benzene rings is 3. The molecule has 0 heterocycles. The number of carbonyl (C=O) groups excluding carboxylic acids is 2. The van der Waals surface area contributed by atoms with Crippen LogP contribution in [0.25, 0.3) is 6.08 Å². The van der Waals surface area contributed by atoms with Crippen molar-refractivity contribution in [2.24, 2.45) is 0 Å². The molecule has 0 aliphatic heterocycles. The third kappa shape index (κ3) is 5.50. The Labute approximate surface area is 166 Å². The van der Waals surface area contributed by atoms with Gasteiger partial charge in [-0.3, -0.25) is 9.59 Å². The zero-order valence-electron chi connectivity index (χ0n) is 14.6. The molecule has 0 bridgehead atoms. The van der Waals surface area contributed by atoms with Gasteiger partial charge in [0.05, 0.1) is 0 Å². The SMILES string of the molecule is O=C(/C=C/c1ccccc1Br)Nc1ccc(C(=O)Cc2ccccc2)cc1. The highest BCUT2D eigenvalue weighted by Gasteiger charge is 2.07. The predicted octanol–water partition coefficient (Wildman–Crippen LogP) is 5.53. The Bertz CT molecular complexity index is 963. The van der Waals surface area contributed by atoms with Gasteiger partial charge in [-0.15, -0.1) is 0 Å². The maximum Gasteiger partial charge on any atom is 0.248 e. The van der Waals surface area contributed by atoms with Crippen molar-refractivity contribution in [3.63, 3.8) is 0 Å². The van der Waals surface area contributed by atoms with Gasteiger partial charge in [0.1, 0.15) is 0 Å². The van der Waals surface area contributed by atoms with Gasteiger partial charge in [0, 0.05) is 28.2 Å². The summed E-state index contributed by atoms with van der Waals surface area (Å²) in [7, 11) is 0. The van der Waals surface area contributed by atoms with Gasteiger partial charge in [-0.1, -0.05) is 64.5 Å². The third-order valence-electron chi connectivity index (χ3n) is 4.00. The molecule has 0 unspecified atom stereocenters. The molecule has 1 N–H and O–H groups in total. The summed E-state index contributed by atoms with van der Waals surface area (Å²) in [6.45, 7) is 0. The minimum Gasteiger partial charge on any atom is -0.323 e. The van der Waals surface area contributed by atoms with E-state index in [1.165, 1.54) is 6.08 Å². The molecule has 3 nitrogen and oxygen atoms in total. The van der Waals surface area contributed by atoms with E-state index in [1.807, 2.05) is 54.6 Å². The van der Waals surface area contributed by atoms with Gasteiger partial charge in [-0.05, 0) is 47.5 Å². The van der Waals surface area contributed by atoms with Gasteiger partial charge in [0.2, 0.25) is 5.91 Å². The lowest BCUT2D eigenvalue weighted by Gasteiger charge is -2.05. The fraction of sp³-hybridized carbons (Fsp3) is 0.0435. The van der Waals surface area contributed by atoms with Crippen molar-refractivity contribution in [1.82, 2.24) is 0 Å². The van der Waals surface area contributed by atoms with Crippen LogP contribution in [-0.4, -0.2) is 11.7 Å². The second kappa shape index (κ2) is 9.10. The van der Waals surface area contributed by atoms with Gasteiger partial charge < -0.3 is 5.32 Å². The Morgan fingerprint density at radius 2 is 1.52 bits per heavy atom. The van der Waals surface area contributed by atoms with E-state index in [0.717, 1.165) is 15.6 Å². The molecule has 1 amide bonds. The zero-order chi connectivity index (χ0) is 19.1. The minimum absolute atomic E-state index is 0.0490. The zero-order valence-corrected chi connectivity index (χ0v) is 16.1. The number of amides is 1. The number of nitrogens with one attached hydrogen (secondary N) is 1. The minimum atomic E-state index is -0.228. The molecule has 134 valence electrons. The molecule has 3 aromatic rings. The van der Waals surface area contributed by atoms with E-state index in [4.69, 9.17) is 0 Å². The summed E-state index contributed by atoms with van der Waals surface area (Å²) in [5.74, 6) is -0.179. The first kappa shape index (κ1) is 18.8. The van der Waals surface area contributed by atoms with Crippen molar-refractivity contribution in [3.8, 4) is 0 Å². The Hall–Kier alpha value is -2.98. The first-order chi connectivity index (χ1) is 13.1. The van der Waals surface area contributed by atoms with Crippen molar-refractivity contribution in [1.29, 1.82) is 0 Å². The normalized spacial score (nSPS) is 10.7. The summed E-state index contributed by atoms with van der Waals surface area (Å²) in [6, 6.07) is 24.2. The third-order valence-corrected chi connectivity index (χ3v) is 4.72. The number of carbonyl (C=O) groups is 2. The second-order valence-electron chi connectivity index (χ2n) is 6.01. The molecular weight excluding hydrogens is 402 g/mol. The van der Waals surface area contributed by atoms with Crippen LogP contribution in [0.15, 0.2) is 89.4 Å². The standard InChI is InChI=1S/C23H18BrNO2/c24-21-9-5-4-8-18(21)12-15-23(27)25-20-13-10-19(11-14-20)22(26)16-17-6-2-1-3-7-17/h1-15H,16H2,(H,25,27)/b15-12+. The lowest BCUT2D eigenvalue weighted by molar-refractivity contribution is -0.111. The number of rotatable bonds is 6. The van der Waals surface area contributed by atoms with Gasteiger partial charge in [0.25, 0.3) is 0 Å². The number of ketones is 1. The quantitative estimate of drug-likeness (QED) is 0.421. The van der Waals surface area contributed by atoms with Crippen molar-refractivity contribution in [3.05, 3.63) is 106 Å². The molecule has 27 heavy (non-hydrogen) atoms. The highest BCUT2D eigenvalue weighted by Crippen LogP contribution is 2.17. The molecule has 3 aromatic carbocycles. The van der Waals surface area contributed by atoms with Crippen LogP contribution < -0.4 is 5.32 Å². The Balaban J connectivity index is 1.59. The molecule has 3 rings (SSSR count). The summed E-state index contributed by atoms with van der Waals surface area (Å²) in [5.41, 5.74) is 3.18. The first-order valence-corrected chi connectivity index (χ1v) is 9.32. The number of Topliss-reactive ketones (excluding diaryl/α,β-unsaturated/α-hetero) is 1. The van der Waals surface area contributed by atoms with Crippen LogP contribution in [0.5, 0.6) is 0 Å². The molecule has 0 saturated carbocycles. The van der Waals surface area contributed by atoms with Crippen molar-refractivity contribution < 1.29 is 9.59 Å². The van der Waals surface area contributed by atoms with Crippen molar-refractivity contribution in [2.75, 3.05) is 5.32 Å². The number of hydrogen-bond acceptors (Lipinski definition) is 2. The van der Waals surface area contributed by atoms with E-state index in [9.17, 15) is 9.59 Å². The van der Waals surface area contributed by atoms with Gasteiger partial charge in [-0.25, -0.2) is 0 Å². The highest BCUT2D eigenvalue weighted by molar-refractivity contribution is 9.10. The smallest absolute Gasteiger partial charge is 0.248 e. The Morgan fingerprint density at radius 1 is 0.852 bits per heavy atom. The summed E-state index contributed by atoms with van der Waals surface area (Å²) in [4.78, 5) is 24.4. The average Bonchev–Trinajstić information content (AvgIpc) is 2.69. The number of anilines is 1. The molecule has 0 saturated heterocycles. The van der Waals surface area contributed by atoms with Crippen molar-refractivity contribution in [2.45, 2.75) is 6.42 Å².